The molecule has 0 heterocycles. The summed E-state index contributed by atoms with van der Waals surface area (Å²) in [5, 5.41) is 0. The number of hydrogen-bond acceptors (Lipinski definition) is 2. The summed E-state index contributed by atoms with van der Waals surface area (Å²) in [5.41, 5.74) is 9.13. The van der Waals surface area contributed by atoms with Crippen molar-refractivity contribution < 1.29 is 4.79 Å². The number of hydrogen-bond donors (Lipinski definition) is 1. The van der Waals surface area contributed by atoms with Crippen LogP contribution in [0.1, 0.15) is 29.5 Å². The van der Waals surface area contributed by atoms with Crippen LogP contribution in [-0.2, 0) is 11.2 Å². The number of Topliss-reactive ketones (excluding diaryl/α,β-unsaturated/α-hetero) is 1. The minimum absolute atomic E-state index is 0.262. The lowest BCUT2D eigenvalue weighted by molar-refractivity contribution is -0.118. The highest BCUT2D eigenvalue weighted by molar-refractivity contribution is 5.78. The number of aryl methyl sites for hydroxylation is 3. The number of rotatable bonds is 5. The lowest BCUT2D eigenvalue weighted by Crippen LogP contribution is -2.08. The van der Waals surface area contributed by atoms with Crippen LogP contribution in [0.5, 0.6) is 0 Å². The smallest absolute Gasteiger partial charge is 0.134 e. The predicted molar refractivity (Wildman–Crippen MR) is 62.9 cm³/mol. The lowest BCUT2D eigenvalue weighted by Gasteiger charge is -2.06. The van der Waals surface area contributed by atoms with Gasteiger partial charge in [0.05, 0.1) is 0 Å². The summed E-state index contributed by atoms with van der Waals surface area (Å²) in [6.07, 6.45) is 1.96. The van der Waals surface area contributed by atoms with Gasteiger partial charge in [-0.15, -0.1) is 0 Å². The lowest BCUT2D eigenvalue weighted by atomic mass is 9.99. The van der Waals surface area contributed by atoms with Crippen LogP contribution < -0.4 is 5.73 Å². The van der Waals surface area contributed by atoms with Crippen molar-refractivity contribution in [3.05, 3.63) is 34.9 Å². The third-order valence-electron chi connectivity index (χ3n) is 2.60. The van der Waals surface area contributed by atoms with Gasteiger partial charge in [-0.2, -0.15) is 0 Å². The van der Waals surface area contributed by atoms with E-state index in [1.807, 2.05) is 0 Å². The molecule has 1 aromatic rings. The maximum atomic E-state index is 11.3. The summed E-state index contributed by atoms with van der Waals surface area (Å²) < 4.78 is 0. The maximum Gasteiger partial charge on any atom is 0.134 e. The average molecular weight is 205 g/mol. The van der Waals surface area contributed by atoms with E-state index in [0.29, 0.717) is 19.4 Å². The summed E-state index contributed by atoms with van der Waals surface area (Å²) in [6, 6.07) is 6.36. The molecule has 2 nitrogen and oxygen atoms in total. The zero-order valence-corrected chi connectivity index (χ0v) is 9.55. The first-order chi connectivity index (χ1) is 7.13. The van der Waals surface area contributed by atoms with Gasteiger partial charge in [0.1, 0.15) is 5.78 Å². The normalized spacial score (nSPS) is 10.3. The topological polar surface area (TPSA) is 43.1 Å². The van der Waals surface area contributed by atoms with Crippen molar-refractivity contribution in [2.24, 2.45) is 5.73 Å². The highest BCUT2D eigenvalue weighted by Crippen LogP contribution is 2.13. The molecule has 2 heteroatoms. The van der Waals surface area contributed by atoms with E-state index < -0.39 is 0 Å². The molecule has 0 fully saturated rings. The third kappa shape index (κ3) is 3.84. The van der Waals surface area contributed by atoms with Crippen molar-refractivity contribution in [2.45, 2.75) is 33.1 Å². The van der Waals surface area contributed by atoms with Gasteiger partial charge in [0.2, 0.25) is 0 Å². The predicted octanol–water partition coefficient (Wildman–Crippen LogP) is 2.15. The zero-order chi connectivity index (χ0) is 11.3. The monoisotopic (exact) mass is 205 g/mol. The Hall–Kier alpha value is -1.15. The van der Waals surface area contributed by atoms with Crippen molar-refractivity contribution in [1.29, 1.82) is 0 Å². The fourth-order valence-electron chi connectivity index (χ4n) is 1.63. The molecule has 0 aliphatic heterocycles. The molecule has 0 amide bonds. The van der Waals surface area contributed by atoms with Crippen molar-refractivity contribution >= 4 is 5.78 Å². The van der Waals surface area contributed by atoms with Crippen molar-refractivity contribution in [2.75, 3.05) is 6.54 Å². The molecule has 0 saturated carbocycles. The Labute approximate surface area is 91.5 Å². The molecule has 0 unspecified atom stereocenters. The largest absolute Gasteiger partial charge is 0.330 e. The number of carbonyl (C=O) groups excluding carboxylic acids is 1. The molecule has 0 aromatic heterocycles. The molecule has 1 aromatic carbocycles. The Morgan fingerprint density at radius 1 is 1.27 bits per heavy atom. The summed E-state index contributed by atoms with van der Waals surface area (Å²) in [7, 11) is 0. The van der Waals surface area contributed by atoms with E-state index in [2.05, 4.69) is 32.0 Å². The van der Waals surface area contributed by atoms with Gasteiger partial charge in [0.25, 0.3) is 0 Å². The van der Waals surface area contributed by atoms with Gasteiger partial charge >= 0.3 is 0 Å². The second-order valence-electron chi connectivity index (χ2n) is 4.01. The molecule has 0 spiro atoms. The Balaban J connectivity index is 2.57. The first kappa shape index (κ1) is 11.9. The Morgan fingerprint density at radius 3 is 2.67 bits per heavy atom. The molecule has 0 aliphatic carbocycles. The van der Waals surface area contributed by atoms with Crippen LogP contribution in [0, 0.1) is 13.8 Å². The zero-order valence-electron chi connectivity index (χ0n) is 9.55. The second-order valence-corrected chi connectivity index (χ2v) is 4.01. The second kappa shape index (κ2) is 5.66. The number of ketones is 1. The van der Waals surface area contributed by atoms with E-state index in [0.717, 1.165) is 6.42 Å². The van der Waals surface area contributed by atoms with Crippen molar-refractivity contribution in [3.8, 4) is 0 Å². The molecule has 0 atom stereocenters. The van der Waals surface area contributed by atoms with Gasteiger partial charge in [-0.3, -0.25) is 4.79 Å². The van der Waals surface area contributed by atoms with Crippen LogP contribution in [0.3, 0.4) is 0 Å². The van der Waals surface area contributed by atoms with Crippen LogP contribution in [0.2, 0.25) is 0 Å². The van der Waals surface area contributed by atoms with Gasteiger partial charge in [-0.1, -0.05) is 23.8 Å². The molecule has 1 rings (SSSR count). The van der Waals surface area contributed by atoms with E-state index >= 15 is 0 Å². The van der Waals surface area contributed by atoms with Crippen molar-refractivity contribution in [1.82, 2.24) is 0 Å². The maximum absolute atomic E-state index is 11.3. The molecule has 0 saturated heterocycles. The molecule has 0 radical (unpaired) electrons. The fraction of sp³-hybridized carbons (Fsp3) is 0.462. The molecule has 15 heavy (non-hydrogen) atoms. The highest BCUT2D eigenvalue weighted by atomic mass is 16.1. The number of carbonyl (C=O) groups is 1. The fourth-order valence-corrected chi connectivity index (χ4v) is 1.63. The summed E-state index contributed by atoms with van der Waals surface area (Å²) in [4.78, 5) is 11.3. The summed E-state index contributed by atoms with van der Waals surface area (Å²) in [6.45, 7) is 4.62. The van der Waals surface area contributed by atoms with Crippen LogP contribution in [0.4, 0.5) is 0 Å². The van der Waals surface area contributed by atoms with Gasteiger partial charge < -0.3 is 5.73 Å². The standard InChI is InChI=1S/C13H19NO/c1-10-3-4-11(2)12(9-10)5-6-13(15)7-8-14/h3-4,9H,5-8,14H2,1-2H3. The van der Waals surface area contributed by atoms with Gasteiger partial charge in [0.15, 0.2) is 0 Å². The van der Waals surface area contributed by atoms with E-state index in [1.165, 1.54) is 16.7 Å². The van der Waals surface area contributed by atoms with E-state index in [-0.39, 0.29) is 5.78 Å². The third-order valence-corrected chi connectivity index (χ3v) is 2.60. The Bertz CT molecular complexity index is 344. The summed E-state index contributed by atoms with van der Waals surface area (Å²) >= 11 is 0. The molecule has 82 valence electrons. The van der Waals surface area contributed by atoms with Crippen LogP contribution in [0.25, 0.3) is 0 Å². The van der Waals surface area contributed by atoms with E-state index in [1.54, 1.807) is 0 Å². The Morgan fingerprint density at radius 2 is 2.00 bits per heavy atom. The van der Waals surface area contributed by atoms with Gasteiger partial charge in [0, 0.05) is 12.8 Å². The van der Waals surface area contributed by atoms with Crippen molar-refractivity contribution in [3.63, 3.8) is 0 Å². The minimum Gasteiger partial charge on any atom is -0.330 e. The van der Waals surface area contributed by atoms with E-state index in [9.17, 15) is 4.79 Å². The first-order valence-electron chi connectivity index (χ1n) is 5.41. The van der Waals surface area contributed by atoms with Gasteiger partial charge in [-0.05, 0) is 37.9 Å². The van der Waals surface area contributed by atoms with Crippen LogP contribution in [-0.4, -0.2) is 12.3 Å². The quantitative estimate of drug-likeness (QED) is 0.800. The summed E-state index contributed by atoms with van der Waals surface area (Å²) in [5.74, 6) is 0.262. The molecule has 0 aliphatic rings. The number of benzene rings is 1. The first-order valence-corrected chi connectivity index (χ1v) is 5.41. The van der Waals surface area contributed by atoms with E-state index in [4.69, 9.17) is 5.73 Å². The average Bonchev–Trinajstić information content (AvgIpc) is 2.20. The molecular formula is C13H19NO. The van der Waals surface area contributed by atoms with Crippen LogP contribution in [0.15, 0.2) is 18.2 Å². The molecule has 2 N–H and O–H groups in total. The van der Waals surface area contributed by atoms with Crippen LogP contribution >= 0.6 is 0 Å². The highest BCUT2D eigenvalue weighted by Gasteiger charge is 2.03. The molecular weight excluding hydrogens is 186 g/mol. The SMILES string of the molecule is Cc1ccc(C)c(CCC(=O)CCN)c1. The molecule has 0 bridgehead atoms. The number of nitrogens with two attached hydrogens (primary N) is 1. The Kier molecular flexibility index (Phi) is 4.50. The van der Waals surface area contributed by atoms with Gasteiger partial charge in [-0.25, -0.2) is 0 Å². The minimum atomic E-state index is 0.262.